The van der Waals surface area contributed by atoms with Gasteiger partial charge in [-0.25, -0.2) is 21.6 Å². The van der Waals surface area contributed by atoms with Crippen molar-refractivity contribution in [1.29, 1.82) is 0 Å². The second-order valence-corrected chi connectivity index (χ2v) is 10.4. The fourth-order valence-electron chi connectivity index (χ4n) is 3.32. The van der Waals surface area contributed by atoms with E-state index in [1.807, 2.05) is 13.0 Å². The largest absolute Gasteiger partial charge is 0.240 e. The van der Waals surface area contributed by atoms with Crippen molar-refractivity contribution in [2.75, 3.05) is 19.3 Å². The van der Waals surface area contributed by atoms with Gasteiger partial charge in [0.25, 0.3) is 0 Å². The Labute approximate surface area is 151 Å². The topological polar surface area (TPSA) is 83.6 Å². The summed E-state index contributed by atoms with van der Waals surface area (Å²) < 4.78 is 53.1. The molecular weight excluding hydrogens is 360 g/mol. The average Bonchev–Trinajstić information content (AvgIpc) is 2.79. The van der Waals surface area contributed by atoms with Crippen LogP contribution < -0.4 is 4.72 Å². The molecule has 0 aromatic heterocycles. The molecule has 0 bridgehead atoms. The molecular formula is C17H28N2O4S2. The monoisotopic (exact) mass is 388 g/mol. The minimum Gasteiger partial charge on any atom is -0.212 e. The molecule has 0 saturated heterocycles. The van der Waals surface area contributed by atoms with E-state index in [4.69, 9.17) is 0 Å². The Kier molecular flexibility index (Phi) is 7.01. The summed E-state index contributed by atoms with van der Waals surface area (Å²) in [7, 11) is -7.00. The predicted molar refractivity (Wildman–Crippen MR) is 99.4 cm³/mol. The lowest BCUT2D eigenvalue weighted by molar-refractivity contribution is 0.297. The first-order valence-corrected chi connectivity index (χ1v) is 12.1. The molecule has 1 saturated carbocycles. The first-order chi connectivity index (χ1) is 11.7. The minimum atomic E-state index is -3.63. The molecule has 142 valence electrons. The maximum atomic E-state index is 12.4. The van der Waals surface area contributed by atoms with Gasteiger partial charge in [0.05, 0.1) is 11.2 Å². The third-order valence-corrected chi connectivity index (χ3v) is 7.37. The van der Waals surface area contributed by atoms with Gasteiger partial charge in [-0.1, -0.05) is 37.8 Å². The third-order valence-electron chi connectivity index (χ3n) is 4.58. The number of hydrogen-bond acceptors (Lipinski definition) is 4. The van der Waals surface area contributed by atoms with Gasteiger partial charge >= 0.3 is 0 Å². The van der Waals surface area contributed by atoms with Gasteiger partial charge in [0, 0.05) is 19.1 Å². The molecule has 1 aliphatic rings. The Bertz CT molecular complexity index is 768. The van der Waals surface area contributed by atoms with Crippen LogP contribution in [0.1, 0.15) is 44.1 Å². The van der Waals surface area contributed by atoms with Crippen LogP contribution in [-0.2, 0) is 20.0 Å². The summed E-state index contributed by atoms with van der Waals surface area (Å²) in [6, 6.07) is 6.63. The van der Waals surface area contributed by atoms with Gasteiger partial charge < -0.3 is 0 Å². The summed E-state index contributed by atoms with van der Waals surface area (Å²) in [5.41, 5.74) is 0.860. The van der Waals surface area contributed by atoms with Gasteiger partial charge in [0.1, 0.15) is 0 Å². The molecule has 25 heavy (non-hydrogen) atoms. The molecule has 8 heteroatoms. The van der Waals surface area contributed by atoms with E-state index < -0.39 is 20.0 Å². The summed E-state index contributed by atoms with van der Waals surface area (Å²) in [6.07, 6.45) is 7.20. The highest BCUT2D eigenvalue weighted by atomic mass is 32.2. The Balaban J connectivity index is 2.03. The Morgan fingerprint density at radius 2 is 1.72 bits per heavy atom. The van der Waals surface area contributed by atoms with Crippen LogP contribution in [0.4, 0.5) is 0 Å². The van der Waals surface area contributed by atoms with Crippen molar-refractivity contribution >= 4 is 20.0 Å². The summed E-state index contributed by atoms with van der Waals surface area (Å²) in [5.74, 6) is 0. The highest BCUT2D eigenvalue weighted by Gasteiger charge is 2.27. The smallest absolute Gasteiger partial charge is 0.212 e. The van der Waals surface area contributed by atoms with Gasteiger partial charge in [0.15, 0.2) is 0 Å². The average molecular weight is 389 g/mol. The molecule has 0 amide bonds. The van der Waals surface area contributed by atoms with E-state index in [1.54, 1.807) is 12.1 Å². The summed E-state index contributed by atoms with van der Waals surface area (Å²) >= 11 is 0. The van der Waals surface area contributed by atoms with Crippen LogP contribution in [0.25, 0.3) is 0 Å². The molecule has 1 N–H and O–H groups in total. The highest BCUT2D eigenvalue weighted by molar-refractivity contribution is 7.89. The van der Waals surface area contributed by atoms with Crippen LogP contribution in [0.15, 0.2) is 29.2 Å². The SMILES string of the molecule is Cc1cccc(S(=O)(=O)NCCN(C2CCCCCC2)S(C)(=O)=O)c1. The van der Waals surface area contributed by atoms with E-state index in [9.17, 15) is 16.8 Å². The van der Waals surface area contributed by atoms with Crippen molar-refractivity contribution in [2.24, 2.45) is 0 Å². The van der Waals surface area contributed by atoms with Crippen LogP contribution in [0.2, 0.25) is 0 Å². The lowest BCUT2D eigenvalue weighted by Gasteiger charge is -2.29. The second-order valence-electron chi connectivity index (χ2n) is 6.73. The first kappa shape index (κ1) is 20.4. The molecule has 0 radical (unpaired) electrons. The molecule has 0 heterocycles. The van der Waals surface area contributed by atoms with Crippen LogP contribution in [0.5, 0.6) is 0 Å². The van der Waals surface area contributed by atoms with Gasteiger partial charge in [-0.05, 0) is 37.5 Å². The number of rotatable bonds is 7. The van der Waals surface area contributed by atoms with Crippen LogP contribution >= 0.6 is 0 Å². The number of nitrogens with zero attached hydrogens (tertiary/aromatic N) is 1. The summed E-state index contributed by atoms with van der Waals surface area (Å²) in [6.45, 7) is 2.06. The maximum absolute atomic E-state index is 12.4. The van der Waals surface area contributed by atoms with Gasteiger partial charge in [-0.2, -0.15) is 4.31 Å². The van der Waals surface area contributed by atoms with Gasteiger partial charge in [0.2, 0.25) is 20.0 Å². The third kappa shape index (κ3) is 6.06. The van der Waals surface area contributed by atoms with E-state index in [0.29, 0.717) is 0 Å². The number of aryl methyl sites for hydroxylation is 1. The fourth-order valence-corrected chi connectivity index (χ4v) is 5.62. The molecule has 1 fully saturated rings. The van der Waals surface area contributed by atoms with Crippen molar-refractivity contribution < 1.29 is 16.8 Å². The summed E-state index contributed by atoms with van der Waals surface area (Å²) in [4.78, 5) is 0.202. The lowest BCUT2D eigenvalue weighted by atomic mass is 10.1. The van der Waals surface area contributed by atoms with Crippen molar-refractivity contribution in [1.82, 2.24) is 9.03 Å². The molecule has 0 unspecified atom stereocenters. The van der Waals surface area contributed by atoms with Crippen molar-refractivity contribution in [3.8, 4) is 0 Å². The summed E-state index contributed by atoms with van der Waals surface area (Å²) in [5, 5.41) is 0. The molecule has 1 aliphatic carbocycles. The maximum Gasteiger partial charge on any atom is 0.240 e. The molecule has 1 aromatic carbocycles. The zero-order chi connectivity index (χ0) is 18.5. The van der Waals surface area contributed by atoms with Crippen molar-refractivity contribution in [3.05, 3.63) is 29.8 Å². The molecule has 0 aliphatic heterocycles. The standard InChI is InChI=1S/C17H28N2O4S2/c1-15-8-7-11-17(14-15)25(22,23)18-12-13-19(24(2,20)21)16-9-5-3-4-6-10-16/h7-8,11,14,16,18H,3-6,9-10,12-13H2,1-2H3. The fraction of sp³-hybridized carbons (Fsp3) is 0.647. The Morgan fingerprint density at radius 3 is 2.28 bits per heavy atom. The number of nitrogens with one attached hydrogen (secondary N) is 1. The zero-order valence-electron chi connectivity index (χ0n) is 14.9. The second kappa shape index (κ2) is 8.62. The Hall–Kier alpha value is -0.960. The lowest BCUT2D eigenvalue weighted by Crippen LogP contribution is -2.44. The number of benzene rings is 1. The molecule has 0 spiro atoms. The molecule has 1 aromatic rings. The normalized spacial score (nSPS) is 17.6. The molecule has 2 rings (SSSR count). The van der Waals surface area contributed by atoms with E-state index in [1.165, 1.54) is 16.6 Å². The predicted octanol–water partition coefficient (Wildman–Crippen LogP) is 2.26. The highest BCUT2D eigenvalue weighted by Crippen LogP contribution is 2.23. The first-order valence-electron chi connectivity index (χ1n) is 8.73. The van der Waals surface area contributed by atoms with E-state index in [2.05, 4.69) is 4.72 Å². The quantitative estimate of drug-likeness (QED) is 0.726. The Morgan fingerprint density at radius 1 is 1.08 bits per heavy atom. The van der Waals surface area contributed by atoms with Crippen molar-refractivity contribution in [3.63, 3.8) is 0 Å². The van der Waals surface area contributed by atoms with Crippen LogP contribution in [0.3, 0.4) is 0 Å². The van der Waals surface area contributed by atoms with E-state index in [-0.39, 0.29) is 24.0 Å². The van der Waals surface area contributed by atoms with Crippen LogP contribution in [-0.4, -0.2) is 46.5 Å². The minimum absolute atomic E-state index is 0.0269. The number of hydrogen-bond donors (Lipinski definition) is 1. The number of sulfonamides is 2. The molecule has 0 atom stereocenters. The van der Waals surface area contributed by atoms with Crippen molar-refractivity contribution in [2.45, 2.75) is 56.4 Å². The molecule has 6 nitrogen and oxygen atoms in total. The van der Waals surface area contributed by atoms with E-state index in [0.717, 1.165) is 44.1 Å². The zero-order valence-corrected chi connectivity index (χ0v) is 16.6. The van der Waals surface area contributed by atoms with Gasteiger partial charge in [-0.3, -0.25) is 0 Å². The van der Waals surface area contributed by atoms with Gasteiger partial charge in [-0.15, -0.1) is 0 Å². The van der Waals surface area contributed by atoms with Crippen LogP contribution in [0, 0.1) is 6.92 Å². The van der Waals surface area contributed by atoms with E-state index >= 15 is 0 Å².